The number of hydrogen-bond donors (Lipinski definition) is 6. The van der Waals surface area contributed by atoms with E-state index in [1.54, 1.807) is 6.92 Å². The highest BCUT2D eigenvalue weighted by atomic mass is 32.1. The van der Waals surface area contributed by atoms with Crippen molar-refractivity contribution in [2.24, 2.45) is 11.7 Å². The van der Waals surface area contributed by atoms with Crippen molar-refractivity contribution in [3.05, 3.63) is 0 Å². The third kappa shape index (κ3) is 7.18. The first-order valence-electron chi connectivity index (χ1n) is 7.61. The summed E-state index contributed by atoms with van der Waals surface area (Å²) in [4.78, 5) is 46.6. The van der Waals surface area contributed by atoms with Gasteiger partial charge in [0.1, 0.15) is 18.1 Å². The number of carboxylic acids is 1. The van der Waals surface area contributed by atoms with Crippen LogP contribution in [0.5, 0.6) is 0 Å². The van der Waals surface area contributed by atoms with E-state index in [2.05, 4.69) is 28.6 Å². The standard InChI is InChI=1S/C14H26N4O5S/c1-4-7(2)11(14(22)23)18-12(20)8(3)16-13(21)9(6-24)17-10(19)5-15/h7-9,11,24H,4-6,15H2,1-3H3,(H,16,21)(H,17,19)(H,18,20)(H,22,23). The largest absolute Gasteiger partial charge is 0.480 e. The summed E-state index contributed by atoms with van der Waals surface area (Å²) in [6, 6.07) is -2.95. The molecular weight excluding hydrogens is 336 g/mol. The third-order valence-corrected chi connectivity index (χ3v) is 3.91. The summed E-state index contributed by atoms with van der Waals surface area (Å²) in [6.45, 7) is 4.67. The number of carbonyl (C=O) groups is 4. The van der Waals surface area contributed by atoms with Crippen LogP contribution in [0.2, 0.25) is 0 Å². The van der Waals surface area contributed by atoms with E-state index in [9.17, 15) is 19.2 Å². The van der Waals surface area contributed by atoms with E-state index in [-0.39, 0.29) is 18.2 Å². The molecule has 0 aliphatic rings. The maximum Gasteiger partial charge on any atom is 0.326 e. The second-order valence-corrected chi connectivity index (χ2v) is 5.81. The highest BCUT2D eigenvalue weighted by Gasteiger charge is 2.29. The second kappa shape index (κ2) is 10.9. The lowest BCUT2D eigenvalue weighted by molar-refractivity contribution is -0.143. The Hall–Kier alpha value is -1.81. The van der Waals surface area contributed by atoms with Gasteiger partial charge in [-0.3, -0.25) is 14.4 Å². The number of thiol groups is 1. The molecule has 9 nitrogen and oxygen atoms in total. The van der Waals surface area contributed by atoms with Gasteiger partial charge in [-0.15, -0.1) is 0 Å². The fourth-order valence-corrected chi connectivity index (χ4v) is 2.05. The van der Waals surface area contributed by atoms with E-state index in [1.165, 1.54) is 6.92 Å². The Kier molecular flexibility index (Phi) is 10.0. The van der Waals surface area contributed by atoms with E-state index in [1.807, 2.05) is 6.92 Å². The Bertz CT molecular complexity index is 474. The van der Waals surface area contributed by atoms with Crippen LogP contribution in [0.3, 0.4) is 0 Å². The summed E-state index contributed by atoms with van der Waals surface area (Å²) in [5.41, 5.74) is 5.16. The van der Waals surface area contributed by atoms with Crippen molar-refractivity contribution in [1.29, 1.82) is 0 Å². The van der Waals surface area contributed by atoms with E-state index in [0.29, 0.717) is 6.42 Å². The van der Waals surface area contributed by atoms with Crippen molar-refractivity contribution < 1.29 is 24.3 Å². The van der Waals surface area contributed by atoms with Gasteiger partial charge in [-0.25, -0.2) is 4.79 Å². The first kappa shape index (κ1) is 22.2. The van der Waals surface area contributed by atoms with Crippen LogP contribution in [-0.2, 0) is 19.2 Å². The molecule has 138 valence electrons. The Labute approximate surface area is 146 Å². The topological polar surface area (TPSA) is 151 Å². The molecule has 0 saturated carbocycles. The van der Waals surface area contributed by atoms with Crippen LogP contribution in [0.25, 0.3) is 0 Å². The Balaban J connectivity index is 4.75. The van der Waals surface area contributed by atoms with Gasteiger partial charge in [-0.2, -0.15) is 12.6 Å². The minimum atomic E-state index is -1.14. The van der Waals surface area contributed by atoms with Gasteiger partial charge < -0.3 is 26.8 Å². The van der Waals surface area contributed by atoms with E-state index in [0.717, 1.165) is 0 Å². The van der Waals surface area contributed by atoms with Crippen molar-refractivity contribution in [1.82, 2.24) is 16.0 Å². The zero-order valence-electron chi connectivity index (χ0n) is 14.0. The predicted molar refractivity (Wildman–Crippen MR) is 91.5 cm³/mol. The number of amides is 3. The van der Waals surface area contributed by atoms with E-state index >= 15 is 0 Å². The van der Waals surface area contributed by atoms with Crippen LogP contribution >= 0.6 is 12.6 Å². The highest BCUT2D eigenvalue weighted by Crippen LogP contribution is 2.08. The van der Waals surface area contributed by atoms with Crippen LogP contribution in [-0.4, -0.2) is 59.2 Å². The smallest absolute Gasteiger partial charge is 0.326 e. The van der Waals surface area contributed by atoms with Crippen molar-refractivity contribution in [2.75, 3.05) is 12.3 Å². The molecule has 4 unspecified atom stereocenters. The molecular formula is C14H26N4O5S. The summed E-state index contributed by atoms with van der Waals surface area (Å²) in [5, 5.41) is 16.4. The molecule has 0 rings (SSSR count). The van der Waals surface area contributed by atoms with Gasteiger partial charge in [0, 0.05) is 5.75 Å². The van der Waals surface area contributed by atoms with Crippen molar-refractivity contribution in [3.8, 4) is 0 Å². The monoisotopic (exact) mass is 362 g/mol. The molecule has 0 aromatic carbocycles. The summed E-state index contributed by atoms with van der Waals surface area (Å²) in [6.07, 6.45) is 0.574. The molecule has 3 amide bonds. The minimum Gasteiger partial charge on any atom is -0.480 e. The van der Waals surface area contributed by atoms with Crippen LogP contribution in [0.1, 0.15) is 27.2 Å². The van der Waals surface area contributed by atoms with Crippen molar-refractivity contribution >= 4 is 36.3 Å². The lowest BCUT2D eigenvalue weighted by Crippen LogP contribution is -2.56. The summed E-state index contributed by atoms with van der Waals surface area (Å²) < 4.78 is 0. The van der Waals surface area contributed by atoms with E-state index < -0.39 is 41.8 Å². The number of aliphatic carboxylic acids is 1. The van der Waals surface area contributed by atoms with Crippen LogP contribution < -0.4 is 21.7 Å². The molecule has 0 heterocycles. The van der Waals surface area contributed by atoms with Gasteiger partial charge >= 0.3 is 5.97 Å². The predicted octanol–water partition coefficient (Wildman–Crippen LogP) is -1.52. The van der Waals surface area contributed by atoms with Crippen molar-refractivity contribution in [2.45, 2.75) is 45.3 Å². The normalized spacial score (nSPS) is 15.5. The Morgan fingerprint density at radius 2 is 1.67 bits per heavy atom. The first-order valence-corrected chi connectivity index (χ1v) is 8.24. The molecule has 6 N–H and O–H groups in total. The molecule has 0 aromatic rings. The number of nitrogens with two attached hydrogens (primary N) is 1. The first-order chi connectivity index (χ1) is 11.2. The van der Waals surface area contributed by atoms with Crippen LogP contribution in [0.15, 0.2) is 0 Å². The maximum absolute atomic E-state index is 12.1. The zero-order chi connectivity index (χ0) is 18.9. The third-order valence-electron chi connectivity index (χ3n) is 3.55. The Morgan fingerprint density at radius 1 is 1.08 bits per heavy atom. The molecule has 0 aliphatic carbocycles. The number of hydrogen-bond acceptors (Lipinski definition) is 6. The van der Waals surface area contributed by atoms with Gasteiger partial charge in [0.25, 0.3) is 0 Å². The lowest BCUT2D eigenvalue weighted by atomic mass is 9.99. The fraction of sp³-hybridized carbons (Fsp3) is 0.714. The molecule has 0 fully saturated rings. The molecule has 0 spiro atoms. The SMILES string of the molecule is CCC(C)C(NC(=O)C(C)NC(=O)C(CS)NC(=O)CN)C(=O)O. The summed E-state index contributed by atoms with van der Waals surface area (Å²) >= 11 is 3.97. The average molecular weight is 362 g/mol. The van der Waals surface area contributed by atoms with E-state index in [4.69, 9.17) is 10.8 Å². The van der Waals surface area contributed by atoms with Gasteiger partial charge in [0.2, 0.25) is 17.7 Å². The quantitative estimate of drug-likeness (QED) is 0.260. The second-order valence-electron chi connectivity index (χ2n) is 5.45. The maximum atomic E-state index is 12.1. The summed E-state index contributed by atoms with van der Waals surface area (Å²) in [5.74, 6) is -3.13. The molecule has 0 bridgehead atoms. The van der Waals surface area contributed by atoms with Crippen LogP contribution in [0, 0.1) is 5.92 Å². The Morgan fingerprint density at radius 3 is 2.08 bits per heavy atom. The molecule has 0 aliphatic heterocycles. The highest BCUT2D eigenvalue weighted by molar-refractivity contribution is 7.80. The van der Waals surface area contributed by atoms with Gasteiger partial charge in [-0.05, 0) is 12.8 Å². The average Bonchev–Trinajstić information content (AvgIpc) is 2.55. The molecule has 0 radical (unpaired) electrons. The van der Waals surface area contributed by atoms with Gasteiger partial charge in [0.05, 0.1) is 6.54 Å². The van der Waals surface area contributed by atoms with Crippen molar-refractivity contribution in [3.63, 3.8) is 0 Å². The minimum absolute atomic E-state index is 0.0243. The number of carbonyl (C=O) groups excluding carboxylic acids is 3. The van der Waals surface area contributed by atoms with Gasteiger partial charge in [0.15, 0.2) is 0 Å². The fourth-order valence-electron chi connectivity index (χ4n) is 1.79. The number of rotatable bonds is 10. The number of nitrogens with one attached hydrogen (secondary N) is 3. The zero-order valence-corrected chi connectivity index (χ0v) is 14.9. The molecule has 4 atom stereocenters. The molecule has 24 heavy (non-hydrogen) atoms. The summed E-state index contributed by atoms with van der Waals surface area (Å²) in [7, 11) is 0. The van der Waals surface area contributed by atoms with Crippen LogP contribution in [0.4, 0.5) is 0 Å². The number of carboxylic acid groups (broad SMARTS) is 1. The van der Waals surface area contributed by atoms with Gasteiger partial charge in [-0.1, -0.05) is 20.3 Å². The lowest BCUT2D eigenvalue weighted by Gasteiger charge is -2.24. The molecule has 0 saturated heterocycles. The molecule has 0 aromatic heterocycles. The molecule has 10 heteroatoms.